The molecule has 1 aliphatic heterocycles. The highest BCUT2D eigenvalue weighted by Crippen LogP contribution is 2.30. The Morgan fingerprint density at radius 2 is 2.00 bits per heavy atom. The number of fused-ring (bicyclic) bond motifs is 1. The van der Waals surface area contributed by atoms with E-state index >= 15 is 0 Å². The number of aromatic nitrogens is 3. The van der Waals surface area contributed by atoms with E-state index in [-0.39, 0.29) is 0 Å². The second-order valence-corrected chi connectivity index (χ2v) is 6.82. The monoisotopic (exact) mass is 336 g/mol. The van der Waals surface area contributed by atoms with Crippen molar-refractivity contribution in [2.45, 2.75) is 12.8 Å². The molecule has 2 aliphatic rings. The first-order valence-electron chi connectivity index (χ1n) is 8.88. The van der Waals surface area contributed by atoms with Crippen LogP contribution in [0.3, 0.4) is 0 Å². The zero-order chi connectivity index (χ0) is 17.2. The minimum atomic E-state index is 0.351. The molecule has 1 fully saturated rings. The minimum Gasteiger partial charge on any atom is -0.368 e. The normalized spacial score (nSPS) is 18.2. The second kappa shape index (κ2) is 6.90. The van der Waals surface area contributed by atoms with Crippen molar-refractivity contribution in [3.05, 3.63) is 53.1 Å². The number of likely N-dealkylation sites (N-methyl/N-ethyl adjacent to an activating group) is 1. The van der Waals surface area contributed by atoms with Crippen LogP contribution in [0.2, 0.25) is 0 Å². The van der Waals surface area contributed by atoms with Gasteiger partial charge in [0.2, 0.25) is 5.95 Å². The summed E-state index contributed by atoms with van der Waals surface area (Å²) in [6.45, 7) is 5.52. The number of pyridine rings is 1. The number of nitrogens with zero attached hydrogens (tertiary/aromatic N) is 5. The van der Waals surface area contributed by atoms with Gasteiger partial charge in [-0.1, -0.05) is 12.1 Å². The molecule has 4 rings (SSSR count). The first kappa shape index (κ1) is 16.2. The molecule has 0 saturated carbocycles. The van der Waals surface area contributed by atoms with E-state index < -0.39 is 0 Å². The molecule has 0 aromatic carbocycles. The Hall–Kier alpha value is -2.31. The fourth-order valence-corrected chi connectivity index (χ4v) is 3.53. The number of nitrogens with two attached hydrogens (primary N) is 1. The summed E-state index contributed by atoms with van der Waals surface area (Å²) >= 11 is 0. The Balaban J connectivity index is 1.50. The van der Waals surface area contributed by atoms with Crippen LogP contribution in [0.25, 0.3) is 5.57 Å². The third-order valence-corrected chi connectivity index (χ3v) is 5.03. The quantitative estimate of drug-likeness (QED) is 0.905. The van der Waals surface area contributed by atoms with Gasteiger partial charge in [0.15, 0.2) is 0 Å². The summed E-state index contributed by atoms with van der Waals surface area (Å²) in [5, 5.41) is 0. The van der Waals surface area contributed by atoms with E-state index in [1.54, 1.807) is 0 Å². The van der Waals surface area contributed by atoms with E-state index in [0.717, 1.165) is 73.8 Å². The Labute approximate surface area is 148 Å². The van der Waals surface area contributed by atoms with E-state index in [2.05, 4.69) is 50.0 Å². The molecule has 25 heavy (non-hydrogen) atoms. The van der Waals surface area contributed by atoms with Gasteiger partial charge in [-0.3, -0.25) is 4.98 Å². The highest BCUT2D eigenvalue weighted by atomic mass is 15.2. The molecule has 0 spiro atoms. The van der Waals surface area contributed by atoms with Crippen LogP contribution in [-0.4, -0.2) is 64.5 Å². The van der Waals surface area contributed by atoms with E-state index in [0.29, 0.717) is 5.95 Å². The lowest BCUT2D eigenvalue weighted by Crippen LogP contribution is -2.45. The highest BCUT2D eigenvalue weighted by molar-refractivity contribution is 5.82. The van der Waals surface area contributed by atoms with Gasteiger partial charge in [-0.05, 0) is 19.2 Å². The lowest BCUT2D eigenvalue weighted by molar-refractivity contribution is 0.155. The molecule has 2 N–H and O–H groups in total. The Kier molecular flexibility index (Phi) is 4.46. The summed E-state index contributed by atoms with van der Waals surface area (Å²) in [5.41, 5.74) is 11.3. The maximum atomic E-state index is 5.99. The van der Waals surface area contributed by atoms with Gasteiger partial charge in [-0.15, -0.1) is 0 Å². The molecule has 1 saturated heterocycles. The predicted molar refractivity (Wildman–Crippen MR) is 99.1 cm³/mol. The van der Waals surface area contributed by atoms with Crippen LogP contribution in [0, 0.1) is 0 Å². The van der Waals surface area contributed by atoms with E-state index in [9.17, 15) is 0 Å². The summed E-state index contributed by atoms with van der Waals surface area (Å²) < 4.78 is 0. The Bertz CT molecular complexity index is 792. The van der Waals surface area contributed by atoms with Gasteiger partial charge in [0, 0.05) is 68.6 Å². The number of hydrogen-bond donors (Lipinski definition) is 1. The first-order chi connectivity index (χ1) is 12.2. The van der Waals surface area contributed by atoms with Crippen LogP contribution in [0.4, 0.5) is 5.95 Å². The van der Waals surface area contributed by atoms with Crippen molar-refractivity contribution in [2.24, 2.45) is 0 Å². The predicted octanol–water partition coefficient (Wildman–Crippen LogP) is 1.23. The van der Waals surface area contributed by atoms with Crippen LogP contribution < -0.4 is 5.73 Å². The molecule has 0 amide bonds. The third-order valence-electron chi connectivity index (χ3n) is 5.03. The third kappa shape index (κ3) is 3.55. The number of piperazine rings is 1. The van der Waals surface area contributed by atoms with Crippen molar-refractivity contribution in [3.8, 4) is 0 Å². The summed E-state index contributed by atoms with van der Waals surface area (Å²) in [4.78, 5) is 18.2. The van der Waals surface area contributed by atoms with Crippen molar-refractivity contribution >= 4 is 11.5 Å². The molecule has 6 nitrogen and oxygen atoms in total. The van der Waals surface area contributed by atoms with Gasteiger partial charge in [0.05, 0.1) is 11.4 Å². The number of rotatable bonds is 4. The van der Waals surface area contributed by atoms with Gasteiger partial charge in [0.1, 0.15) is 0 Å². The lowest BCUT2D eigenvalue weighted by atomic mass is 10.1. The highest BCUT2D eigenvalue weighted by Gasteiger charge is 2.19. The molecule has 2 aromatic rings. The maximum Gasteiger partial charge on any atom is 0.220 e. The SMILES string of the molecule is CN1CCN(CCc2cc(C3=CCc4ncccc43)nc(N)n2)CC1. The standard InChI is InChI=1S/C19H24N6/c1-24-9-11-25(12-10-24)8-6-14-13-18(23-19(20)22-14)16-4-5-17-15(16)3-2-7-21-17/h2-4,7,13H,5-6,8-12H2,1H3,(H2,20,22,23). The van der Waals surface area contributed by atoms with Crippen LogP contribution in [0.1, 0.15) is 22.6 Å². The van der Waals surface area contributed by atoms with Gasteiger partial charge < -0.3 is 15.5 Å². The zero-order valence-electron chi connectivity index (χ0n) is 14.6. The van der Waals surface area contributed by atoms with Gasteiger partial charge in [-0.2, -0.15) is 0 Å². The molecule has 2 aromatic heterocycles. The number of hydrogen-bond acceptors (Lipinski definition) is 6. The van der Waals surface area contributed by atoms with Gasteiger partial charge >= 0.3 is 0 Å². The first-order valence-corrected chi connectivity index (χ1v) is 8.88. The molecule has 130 valence electrons. The number of anilines is 1. The Morgan fingerprint density at radius 1 is 1.16 bits per heavy atom. The van der Waals surface area contributed by atoms with Crippen molar-refractivity contribution in [3.63, 3.8) is 0 Å². The van der Waals surface area contributed by atoms with Crippen molar-refractivity contribution in [1.82, 2.24) is 24.8 Å². The average molecular weight is 336 g/mol. The summed E-state index contributed by atoms with van der Waals surface area (Å²) in [5.74, 6) is 0.351. The topological polar surface area (TPSA) is 71.2 Å². The Morgan fingerprint density at radius 3 is 2.84 bits per heavy atom. The molecular weight excluding hydrogens is 312 g/mol. The number of nitrogen functional groups attached to an aromatic ring is 1. The van der Waals surface area contributed by atoms with E-state index in [1.807, 2.05) is 12.3 Å². The van der Waals surface area contributed by atoms with E-state index in [1.165, 1.54) is 0 Å². The van der Waals surface area contributed by atoms with Crippen LogP contribution >= 0.6 is 0 Å². The molecule has 0 bridgehead atoms. The molecule has 3 heterocycles. The van der Waals surface area contributed by atoms with Crippen LogP contribution in [0.15, 0.2) is 30.5 Å². The summed E-state index contributed by atoms with van der Waals surface area (Å²) in [7, 11) is 2.18. The van der Waals surface area contributed by atoms with Crippen molar-refractivity contribution < 1.29 is 0 Å². The molecule has 1 aliphatic carbocycles. The average Bonchev–Trinajstić information content (AvgIpc) is 3.05. The fourth-order valence-electron chi connectivity index (χ4n) is 3.53. The largest absolute Gasteiger partial charge is 0.368 e. The fraction of sp³-hybridized carbons (Fsp3) is 0.421. The molecule has 0 atom stereocenters. The van der Waals surface area contributed by atoms with Gasteiger partial charge in [0.25, 0.3) is 0 Å². The second-order valence-electron chi connectivity index (χ2n) is 6.82. The summed E-state index contributed by atoms with van der Waals surface area (Å²) in [6, 6.07) is 6.15. The van der Waals surface area contributed by atoms with E-state index in [4.69, 9.17) is 5.73 Å². The van der Waals surface area contributed by atoms with Crippen molar-refractivity contribution in [2.75, 3.05) is 45.5 Å². The molecule has 6 heteroatoms. The van der Waals surface area contributed by atoms with Crippen LogP contribution in [0.5, 0.6) is 0 Å². The van der Waals surface area contributed by atoms with Crippen LogP contribution in [-0.2, 0) is 12.8 Å². The zero-order valence-corrected chi connectivity index (χ0v) is 14.6. The maximum absolute atomic E-state index is 5.99. The van der Waals surface area contributed by atoms with Crippen molar-refractivity contribution in [1.29, 1.82) is 0 Å². The van der Waals surface area contributed by atoms with Gasteiger partial charge in [-0.25, -0.2) is 9.97 Å². The molecular formula is C19H24N6. The minimum absolute atomic E-state index is 0.351. The molecule has 0 unspecified atom stereocenters. The molecule has 0 radical (unpaired) electrons. The summed E-state index contributed by atoms with van der Waals surface area (Å²) in [6.07, 6.45) is 5.78. The smallest absolute Gasteiger partial charge is 0.220 e. The lowest BCUT2D eigenvalue weighted by Gasteiger charge is -2.32. The number of allylic oxidation sites excluding steroid dienone is 1.